The molecule has 2 heterocycles. The van der Waals surface area contributed by atoms with Gasteiger partial charge in [-0.25, -0.2) is 4.68 Å². The van der Waals surface area contributed by atoms with Crippen molar-refractivity contribution >= 4 is 17.3 Å². The van der Waals surface area contributed by atoms with Crippen molar-refractivity contribution in [1.82, 2.24) is 25.2 Å². The number of hydrogen-bond donors (Lipinski definition) is 2. The largest absolute Gasteiger partial charge is 0.506 e. The van der Waals surface area contributed by atoms with E-state index in [1.807, 2.05) is 12.1 Å². The molecule has 0 amide bonds. The topological polar surface area (TPSA) is 88.8 Å². The summed E-state index contributed by atoms with van der Waals surface area (Å²) < 4.78 is 1.54. The maximum atomic E-state index is 9.20. The van der Waals surface area contributed by atoms with E-state index in [9.17, 15) is 5.11 Å². The molecule has 0 radical (unpaired) electrons. The minimum Gasteiger partial charge on any atom is -0.506 e. The first-order valence-electron chi connectivity index (χ1n) is 6.13. The molecule has 0 saturated heterocycles. The number of nitrogens with one attached hydrogen (secondary N) is 1. The number of pyridine rings is 1. The Morgan fingerprint density at radius 1 is 1.24 bits per heavy atom. The van der Waals surface area contributed by atoms with E-state index in [1.165, 1.54) is 12.5 Å². The summed E-state index contributed by atoms with van der Waals surface area (Å²) in [5.74, 6) is 0.137. The van der Waals surface area contributed by atoms with Gasteiger partial charge in [-0.15, -0.1) is 5.10 Å². The molecule has 2 aromatic heterocycles. The number of aromatic hydroxyl groups is 1. The molecule has 0 bridgehead atoms. The highest BCUT2D eigenvalue weighted by Gasteiger charge is 2.05. The predicted molar refractivity (Wildman–Crippen MR) is 77.4 cm³/mol. The van der Waals surface area contributed by atoms with E-state index in [0.717, 1.165) is 17.1 Å². The summed E-state index contributed by atoms with van der Waals surface area (Å²) in [4.78, 5) is 4.10. The predicted octanol–water partition coefficient (Wildman–Crippen LogP) is 2.03. The summed E-state index contributed by atoms with van der Waals surface area (Å²) in [6.07, 6.45) is 2.91. The molecule has 0 fully saturated rings. The van der Waals surface area contributed by atoms with Gasteiger partial charge in [-0.3, -0.25) is 4.98 Å². The van der Waals surface area contributed by atoms with Crippen LogP contribution in [0.1, 0.15) is 5.69 Å². The zero-order valence-corrected chi connectivity index (χ0v) is 11.6. The number of rotatable bonds is 4. The van der Waals surface area contributed by atoms with E-state index in [1.54, 1.807) is 22.9 Å². The van der Waals surface area contributed by atoms with E-state index in [0.29, 0.717) is 11.6 Å². The average molecular weight is 303 g/mol. The molecule has 0 aliphatic heterocycles. The van der Waals surface area contributed by atoms with E-state index >= 15 is 0 Å². The lowest BCUT2D eigenvalue weighted by Crippen LogP contribution is -2.03. The molecule has 0 saturated carbocycles. The summed E-state index contributed by atoms with van der Waals surface area (Å²) in [5.41, 5.74) is 2.33. The molecule has 106 valence electrons. The van der Waals surface area contributed by atoms with Crippen LogP contribution in [-0.2, 0) is 6.54 Å². The smallest absolute Gasteiger partial charge is 0.143 e. The van der Waals surface area contributed by atoms with E-state index in [2.05, 4.69) is 25.8 Å². The van der Waals surface area contributed by atoms with Crippen LogP contribution in [0, 0.1) is 0 Å². The van der Waals surface area contributed by atoms with Crippen LogP contribution in [0.2, 0.25) is 5.02 Å². The lowest BCUT2D eigenvalue weighted by molar-refractivity contribution is 0.472. The first-order valence-corrected chi connectivity index (χ1v) is 6.51. The van der Waals surface area contributed by atoms with Crippen LogP contribution < -0.4 is 5.32 Å². The third-order valence-electron chi connectivity index (χ3n) is 2.83. The second-order valence-electron chi connectivity index (χ2n) is 4.28. The molecule has 2 N–H and O–H groups in total. The lowest BCUT2D eigenvalue weighted by Gasteiger charge is -2.10. The van der Waals surface area contributed by atoms with Gasteiger partial charge in [-0.2, -0.15) is 0 Å². The Labute approximate surface area is 125 Å². The molecular weight excluding hydrogens is 292 g/mol. The normalized spacial score (nSPS) is 10.5. The number of hydrogen-bond acceptors (Lipinski definition) is 6. The molecule has 3 aromatic rings. The summed E-state index contributed by atoms with van der Waals surface area (Å²) in [5, 5.41) is 24.0. The van der Waals surface area contributed by atoms with Crippen molar-refractivity contribution in [2.45, 2.75) is 6.54 Å². The first-order chi connectivity index (χ1) is 10.2. The number of halogens is 1. The lowest BCUT2D eigenvalue weighted by atomic mass is 10.2. The minimum absolute atomic E-state index is 0.137. The van der Waals surface area contributed by atoms with Crippen LogP contribution in [-0.4, -0.2) is 30.3 Å². The van der Waals surface area contributed by atoms with Crippen LogP contribution in [0.4, 0.5) is 5.69 Å². The minimum atomic E-state index is 0.137. The van der Waals surface area contributed by atoms with Gasteiger partial charge in [0, 0.05) is 0 Å². The van der Waals surface area contributed by atoms with Gasteiger partial charge < -0.3 is 10.4 Å². The van der Waals surface area contributed by atoms with Gasteiger partial charge in [-0.05, 0) is 40.8 Å². The first kappa shape index (κ1) is 13.3. The average Bonchev–Trinajstić information content (AvgIpc) is 3.02. The second kappa shape index (κ2) is 5.76. The molecule has 21 heavy (non-hydrogen) atoms. The zero-order valence-electron chi connectivity index (χ0n) is 10.8. The maximum Gasteiger partial charge on any atom is 0.143 e. The van der Waals surface area contributed by atoms with Crippen molar-refractivity contribution in [3.05, 3.63) is 53.6 Å². The van der Waals surface area contributed by atoms with Gasteiger partial charge >= 0.3 is 0 Å². The summed E-state index contributed by atoms with van der Waals surface area (Å²) in [6, 6.07) is 8.76. The maximum absolute atomic E-state index is 9.20. The van der Waals surface area contributed by atoms with Gasteiger partial charge in [-0.1, -0.05) is 11.6 Å². The van der Waals surface area contributed by atoms with Crippen molar-refractivity contribution in [3.8, 4) is 11.4 Å². The Morgan fingerprint density at radius 3 is 2.86 bits per heavy atom. The Balaban J connectivity index is 1.78. The standard InChI is InChI=1S/C13H11ClN6O/c14-12-4-2-10(20-8-17-18-19-20)5-13(12)16-6-9-1-3-11(21)7-15-9/h1-5,7-8,16,21H,6H2. The fourth-order valence-corrected chi connectivity index (χ4v) is 1.96. The number of aromatic nitrogens is 5. The second-order valence-corrected chi connectivity index (χ2v) is 4.69. The van der Waals surface area contributed by atoms with Crippen molar-refractivity contribution in [3.63, 3.8) is 0 Å². The number of tetrazole rings is 1. The third kappa shape index (κ3) is 3.09. The van der Waals surface area contributed by atoms with Crippen molar-refractivity contribution in [1.29, 1.82) is 0 Å². The molecular formula is C13H11ClN6O. The number of anilines is 1. The summed E-state index contributed by atoms with van der Waals surface area (Å²) >= 11 is 6.17. The van der Waals surface area contributed by atoms with Crippen molar-refractivity contribution in [2.75, 3.05) is 5.32 Å². The SMILES string of the molecule is Oc1ccc(CNc2cc(-n3cnnn3)ccc2Cl)nc1. The van der Waals surface area contributed by atoms with Crippen LogP contribution >= 0.6 is 11.6 Å². The van der Waals surface area contributed by atoms with Gasteiger partial charge in [0.2, 0.25) is 0 Å². The van der Waals surface area contributed by atoms with Gasteiger partial charge in [0.15, 0.2) is 0 Å². The Morgan fingerprint density at radius 2 is 2.14 bits per heavy atom. The van der Waals surface area contributed by atoms with Gasteiger partial charge in [0.1, 0.15) is 12.1 Å². The Kier molecular flexibility index (Phi) is 3.65. The molecule has 0 atom stereocenters. The fraction of sp³-hybridized carbons (Fsp3) is 0.0769. The molecule has 1 aromatic carbocycles. The van der Waals surface area contributed by atoms with Gasteiger partial charge in [0.25, 0.3) is 0 Å². The van der Waals surface area contributed by atoms with E-state index in [4.69, 9.17) is 11.6 Å². The fourth-order valence-electron chi connectivity index (χ4n) is 1.78. The molecule has 8 heteroatoms. The highest BCUT2D eigenvalue weighted by atomic mass is 35.5. The van der Waals surface area contributed by atoms with Crippen LogP contribution in [0.5, 0.6) is 5.75 Å². The van der Waals surface area contributed by atoms with Crippen LogP contribution in [0.25, 0.3) is 5.69 Å². The van der Waals surface area contributed by atoms with E-state index in [-0.39, 0.29) is 5.75 Å². The number of nitrogens with zero attached hydrogens (tertiary/aromatic N) is 5. The van der Waals surface area contributed by atoms with Crippen molar-refractivity contribution < 1.29 is 5.11 Å². The monoisotopic (exact) mass is 302 g/mol. The summed E-state index contributed by atoms with van der Waals surface area (Å²) in [6.45, 7) is 0.485. The molecule has 0 unspecified atom stereocenters. The van der Waals surface area contributed by atoms with Gasteiger partial charge in [0.05, 0.1) is 34.8 Å². The van der Waals surface area contributed by atoms with Crippen molar-refractivity contribution in [2.24, 2.45) is 0 Å². The van der Waals surface area contributed by atoms with Crippen LogP contribution in [0.15, 0.2) is 42.9 Å². The highest BCUT2D eigenvalue weighted by Crippen LogP contribution is 2.25. The van der Waals surface area contributed by atoms with Crippen LogP contribution in [0.3, 0.4) is 0 Å². The molecule has 0 spiro atoms. The Hall–Kier alpha value is -2.67. The molecule has 0 aliphatic carbocycles. The number of benzene rings is 1. The third-order valence-corrected chi connectivity index (χ3v) is 3.16. The highest BCUT2D eigenvalue weighted by molar-refractivity contribution is 6.33. The van der Waals surface area contributed by atoms with E-state index < -0.39 is 0 Å². The zero-order chi connectivity index (χ0) is 14.7. The molecule has 7 nitrogen and oxygen atoms in total. The summed E-state index contributed by atoms with van der Waals surface area (Å²) in [7, 11) is 0. The molecule has 3 rings (SSSR count). The molecule has 0 aliphatic rings. The quantitative estimate of drug-likeness (QED) is 0.766. The Bertz CT molecular complexity index is 729.